The van der Waals surface area contributed by atoms with Gasteiger partial charge in [0.25, 0.3) is 0 Å². The second-order valence-electron chi connectivity index (χ2n) is 5.42. The van der Waals surface area contributed by atoms with Gasteiger partial charge in [0.2, 0.25) is 0 Å². The molecule has 0 aliphatic heterocycles. The fourth-order valence-electron chi connectivity index (χ4n) is 2.46. The van der Waals surface area contributed by atoms with E-state index in [1.807, 2.05) is 0 Å². The van der Waals surface area contributed by atoms with Crippen LogP contribution in [0.25, 0.3) is 0 Å². The Hall–Kier alpha value is -0.820. The molecule has 19 heavy (non-hydrogen) atoms. The molecular weight excluding hydrogens is 230 g/mol. The molecule has 0 saturated heterocycles. The van der Waals surface area contributed by atoms with Gasteiger partial charge in [-0.15, -0.1) is 0 Å². The highest BCUT2D eigenvalue weighted by Crippen LogP contribution is 2.12. The number of hydrogen-bond donors (Lipinski definition) is 1. The summed E-state index contributed by atoms with van der Waals surface area (Å²) in [6.45, 7) is 2.28. The van der Waals surface area contributed by atoms with Gasteiger partial charge in [0.15, 0.2) is 0 Å². The van der Waals surface area contributed by atoms with Gasteiger partial charge in [0.05, 0.1) is 0 Å². The van der Waals surface area contributed by atoms with E-state index in [9.17, 15) is 0 Å². The van der Waals surface area contributed by atoms with Crippen molar-refractivity contribution in [2.45, 2.75) is 77.6 Å². The van der Waals surface area contributed by atoms with E-state index in [1.165, 1.54) is 76.2 Å². The summed E-state index contributed by atoms with van der Waals surface area (Å²) in [6, 6.07) is 10.9. The monoisotopic (exact) mass is 263 g/mol. The summed E-state index contributed by atoms with van der Waals surface area (Å²) < 4.78 is 0. The predicted octanol–water partition coefficient (Wildman–Crippen LogP) is 6.31. The molecule has 0 spiro atoms. The van der Waals surface area contributed by atoms with Crippen molar-refractivity contribution in [3.8, 4) is 0 Å². The summed E-state index contributed by atoms with van der Waals surface area (Å²) in [5.74, 6) is 0. The SMILES string of the molecule is CCCCCCCCCCCCc1ccccc1.N. The molecule has 0 amide bonds. The number of hydrogen-bond acceptors (Lipinski definition) is 1. The average Bonchev–Trinajstić information content (AvgIpc) is 2.42. The van der Waals surface area contributed by atoms with Crippen molar-refractivity contribution in [1.29, 1.82) is 0 Å². The minimum absolute atomic E-state index is 0. The van der Waals surface area contributed by atoms with Crippen LogP contribution in [0.3, 0.4) is 0 Å². The molecule has 0 aromatic heterocycles. The first kappa shape index (κ1) is 18.2. The number of benzene rings is 1. The van der Waals surface area contributed by atoms with E-state index in [4.69, 9.17) is 0 Å². The molecule has 3 N–H and O–H groups in total. The van der Waals surface area contributed by atoms with Crippen LogP contribution in [0.5, 0.6) is 0 Å². The molecule has 1 aromatic carbocycles. The van der Waals surface area contributed by atoms with Crippen LogP contribution < -0.4 is 6.15 Å². The quantitative estimate of drug-likeness (QED) is 0.466. The zero-order chi connectivity index (χ0) is 12.9. The Morgan fingerprint density at radius 1 is 0.632 bits per heavy atom. The molecule has 0 saturated carbocycles. The lowest BCUT2D eigenvalue weighted by atomic mass is 10.0. The lowest BCUT2D eigenvalue weighted by Gasteiger charge is -2.03. The van der Waals surface area contributed by atoms with Crippen LogP contribution in [0.1, 0.15) is 76.7 Å². The average molecular weight is 263 g/mol. The standard InChI is InChI=1S/C18H30.H3N/c1-2-3-4-5-6-7-8-9-10-12-15-18-16-13-11-14-17-18;/h11,13-14,16-17H,2-10,12,15H2,1H3;1H3. The molecule has 1 nitrogen and oxygen atoms in total. The Morgan fingerprint density at radius 3 is 1.63 bits per heavy atom. The normalized spacial score (nSPS) is 10.2. The third-order valence-corrected chi connectivity index (χ3v) is 3.66. The molecule has 0 radical (unpaired) electrons. The fraction of sp³-hybridized carbons (Fsp3) is 0.667. The van der Waals surface area contributed by atoms with Crippen molar-refractivity contribution in [2.24, 2.45) is 0 Å². The lowest BCUT2D eigenvalue weighted by molar-refractivity contribution is 0.556. The van der Waals surface area contributed by atoms with Gasteiger partial charge in [0.1, 0.15) is 0 Å². The molecule has 1 aromatic rings. The van der Waals surface area contributed by atoms with E-state index >= 15 is 0 Å². The number of aryl methyl sites for hydroxylation is 1. The molecule has 0 bridgehead atoms. The fourth-order valence-corrected chi connectivity index (χ4v) is 2.46. The molecule has 0 fully saturated rings. The van der Waals surface area contributed by atoms with Crippen molar-refractivity contribution in [1.82, 2.24) is 6.15 Å². The Labute approximate surface area is 120 Å². The zero-order valence-corrected chi connectivity index (χ0v) is 12.9. The summed E-state index contributed by atoms with van der Waals surface area (Å²) in [6.07, 6.45) is 15.5. The van der Waals surface area contributed by atoms with Crippen LogP contribution in [-0.4, -0.2) is 0 Å². The maximum atomic E-state index is 2.28. The topological polar surface area (TPSA) is 35.0 Å². The summed E-state index contributed by atoms with van der Waals surface area (Å²) in [4.78, 5) is 0. The number of rotatable bonds is 11. The highest BCUT2D eigenvalue weighted by Gasteiger charge is 1.94. The second-order valence-corrected chi connectivity index (χ2v) is 5.42. The van der Waals surface area contributed by atoms with Crippen LogP contribution in [0.2, 0.25) is 0 Å². The Balaban J connectivity index is 0.00000324. The second kappa shape index (κ2) is 13.6. The van der Waals surface area contributed by atoms with E-state index in [1.54, 1.807) is 0 Å². The minimum atomic E-state index is 0. The van der Waals surface area contributed by atoms with Crippen LogP contribution in [0.15, 0.2) is 30.3 Å². The van der Waals surface area contributed by atoms with Crippen molar-refractivity contribution in [3.63, 3.8) is 0 Å². The Morgan fingerprint density at radius 2 is 1.11 bits per heavy atom. The molecule has 1 rings (SSSR count). The summed E-state index contributed by atoms with van der Waals surface area (Å²) in [5, 5.41) is 0. The van der Waals surface area contributed by atoms with E-state index in [-0.39, 0.29) is 6.15 Å². The summed E-state index contributed by atoms with van der Waals surface area (Å²) >= 11 is 0. The zero-order valence-electron chi connectivity index (χ0n) is 12.9. The van der Waals surface area contributed by atoms with Gasteiger partial charge >= 0.3 is 0 Å². The first-order valence-corrected chi connectivity index (χ1v) is 7.97. The molecule has 0 atom stereocenters. The third kappa shape index (κ3) is 10.8. The largest absolute Gasteiger partial charge is 0.344 e. The predicted molar refractivity (Wildman–Crippen MR) is 87.0 cm³/mol. The number of unbranched alkanes of at least 4 members (excludes halogenated alkanes) is 9. The first-order chi connectivity index (χ1) is 8.93. The van der Waals surface area contributed by atoms with Gasteiger partial charge in [-0.05, 0) is 18.4 Å². The molecule has 0 unspecified atom stereocenters. The van der Waals surface area contributed by atoms with Gasteiger partial charge in [-0.1, -0.05) is 95.0 Å². The molecule has 1 heteroatoms. The maximum Gasteiger partial charge on any atom is -0.0279 e. The lowest BCUT2D eigenvalue weighted by Crippen LogP contribution is -1.86. The van der Waals surface area contributed by atoms with Crippen LogP contribution in [0, 0.1) is 0 Å². The van der Waals surface area contributed by atoms with Crippen molar-refractivity contribution in [2.75, 3.05) is 0 Å². The molecule has 110 valence electrons. The smallest absolute Gasteiger partial charge is 0.0279 e. The van der Waals surface area contributed by atoms with E-state index in [2.05, 4.69) is 37.3 Å². The highest BCUT2D eigenvalue weighted by atomic mass is 14.0. The van der Waals surface area contributed by atoms with Gasteiger partial charge in [-0.2, -0.15) is 0 Å². The molecular formula is C18H33N. The maximum absolute atomic E-state index is 2.28. The Kier molecular flexibility index (Phi) is 13.0. The first-order valence-electron chi connectivity index (χ1n) is 7.97. The van der Waals surface area contributed by atoms with E-state index in [0.717, 1.165) is 0 Å². The van der Waals surface area contributed by atoms with Crippen molar-refractivity contribution < 1.29 is 0 Å². The van der Waals surface area contributed by atoms with Gasteiger partial charge in [-0.25, -0.2) is 0 Å². The van der Waals surface area contributed by atoms with E-state index in [0.29, 0.717) is 0 Å². The summed E-state index contributed by atoms with van der Waals surface area (Å²) in [5.41, 5.74) is 1.50. The van der Waals surface area contributed by atoms with Gasteiger partial charge in [0, 0.05) is 0 Å². The Bertz CT molecular complexity index is 268. The molecule has 0 aliphatic carbocycles. The third-order valence-electron chi connectivity index (χ3n) is 3.66. The van der Waals surface area contributed by atoms with Crippen molar-refractivity contribution >= 4 is 0 Å². The highest BCUT2D eigenvalue weighted by molar-refractivity contribution is 5.14. The van der Waals surface area contributed by atoms with Crippen LogP contribution >= 0.6 is 0 Å². The molecule has 0 aliphatic rings. The van der Waals surface area contributed by atoms with Gasteiger partial charge in [-0.3, -0.25) is 0 Å². The van der Waals surface area contributed by atoms with Crippen molar-refractivity contribution in [3.05, 3.63) is 35.9 Å². The van der Waals surface area contributed by atoms with Crippen LogP contribution in [-0.2, 0) is 6.42 Å². The molecule has 0 heterocycles. The van der Waals surface area contributed by atoms with Gasteiger partial charge < -0.3 is 6.15 Å². The minimum Gasteiger partial charge on any atom is -0.344 e. The summed E-state index contributed by atoms with van der Waals surface area (Å²) in [7, 11) is 0. The van der Waals surface area contributed by atoms with E-state index < -0.39 is 0 Å². The van der Waals surface area contributed by atoms with Crippen LogP contribution in [0.4, 0.5) is 0 Å².